The maximum atomic E-state index is 9.92. The van der Waals surface area contributed by atoms with Crippen molar-refractivity contribution in [1.82, 2.24) is 5.32 Å². The summed E-state index contributed by atoms with van der Waals surface area (Å²) < 4.78 is 0. The lowest BCUT2D eigenvalue weighted by molar-refractivity contribution is 0.127. The zero-order chi connectivity index (χ0) is 9.97. The Bertz CT molecular complexity index is 290. The SMILES string of the molecule is Cc1ccc(C(O)CC2CNC2)cc1. The Hall–Kier alpha value is -0.860. The first-order valence-electron chi connectivity index (χ1n) is 5.21. The van der Waals surface area contributed by atoms with Gasteiger partial charge in [-0.05, 0) is 37.9 Å². The highest BCUT2D eigenvalue weighted by molar-refractivity contribution is 5.23. The van der Waals surface area contributed by atoms with E-state index in [0.717, 1.165) is 25.1 Å². The monoisotopic (exact) mass is 191 g/mol. The van der Waals surface area contributed by atoms with Crippen LogP contribution in [0.4, 0.5) is 0 Å². The fraction of sp³-hybridized carbons (Fsp3) is 0.500. The molecule has 2 rings (SSSR count). The van der Waals surface area contributed by atoms with E-state index in [4.69, 9.17) is 0 Å². The molecular weight excluding hydrogens is 174 g/mol. The predicted octanol–water partition coefficient (Wildman–Crippen LogP) is 1.64. The van der Waals surface area contributed by atoms with E-state index in [-0.39, 0.29) is 6.10 Å². The summed E-state index contributed by atoms with van der Waals surface area (Å²) in [6, 6.07) is 8.15. The van der Waals surface area contributed by atoms with Gasteiger partial charge in [0.15, 0.2) is 0 Å². The third kappa shape index (κ3) is 2.14. The molecule has 76 valence electrons. The average molecular weight is 191 g/mol. The minimum atomic E-state index is -0.289. The minimum Gasteiger partial charge on any atom is -0.388 e. The van der Waals surface area contributed by atoms with Crippen molar-refractivity contribution >= 4 is 0 Å². The van der Waals surface area contributed by atoms with Crippen molar-refractivity contribution in [1.29, 1.82) is 0 Å². The number of aliphatic hydroxyl groups is 1. The lowest BCUT2D eigenvalue weighted by Crippen LogP contribution is -2.42. The first-order valence-corrected chi connectivity index (χ1v) is 5.21. The van der Waals surface area contributed by atoms with Gasteiger partial charge < -0.3 is 10.4 Å². The van der Waals surface area contributed by atoms with E-state index in [2.05, 4.69) is 24.4 Å². The summed E-state index contributed by atoms with van der Waals surface area (Å²) in [5, 5.41) is 13.1. The highest BCUT2D eigenvalue weighted by Crippen LogP contribution is 2.23. The standard InChI is InChI=1S/C12H17NO/c1-9-2-4-11(5-3-9)12(14)6-10-7-13-8-10/h2-5,10,12-14H,6-8H2,1H3. The van der Waals surface area contributed by atoms with Gasteiger partial charge >= 0.3 is 0 Å². The van der Waals surface area contributed by atoms with Crippen LogP contribution in [0.25, 0.3) is 0 Å². The fourth-order valence-corrected chi connectivity index (χ4v) is 1.76. The van der Waals surface area contributed by atoms with Gasteiger partial charge in [0.2, 0.25) is 0 Å². The number of hydrogen-bond acceptors (Lipinski definition) is 2. The molecule has 0 saturated carbocycles. The highest BCUT2D eigenvalue weighted by Gasteiger charge is 2.20. The summed E-state index contributed by atoms with van der Waals surface area (Å²) in [6.45, 7) is 4.18. The quantitative estimate of drug-likeness (QED) is 0.761. The molecule has 1 saturated heterocycles. The van der Waals surface area contributed by atoms with Gasteiger partial charge in [-0.25, -0.2) is 0 Å². The van der Waals surface area contributed by atoms with E-state index in [1.54, 1.807) is 0 Å². The number of aryl methyl sites for hydroxylation is 1. The Morgan fingerprint density at radius 2 is 2.00 bits per heavy atom. The molecule has 1 atom stereocenters. The Morgan fingerprint density at radius 1 is 1.36 bits per heavy atom. The maximum Gasteiger partial charge on any atom is 0.0793 e. The summed E-state index contributed by atoms with van der Waals surface area (Å²) in [5.74, 6) is 0.659. The molecule has 1 aliphatic rings. The van der Waals surface area contributed by atoms with Gasteiger partial charge in [0, 0.05) is 0 Å². The van der Waals surface area contributed by atoms with Gasteiger partial charge in [0.25, 0.3) is 0 Å². The minimum absolute atomic E-state index is 0.289. The Balaban J connectivity index is 1.95. The van der Waals surface area contributed by atoms with Crippen molar-refractivity contribution in [3.05, 3.63) is 35.4 Å². The van der Waals surface area contributed by atoms with Crippen LogP contribution in [0.1, 0.15) is 23.7 Å². The van der Waals surface area contributed by atoms with Gasteiger partial charge in [-0.3, -0.25) is 0 Å². The molecule has 0 bridgehead atoms. The van der Waals surface area contributed by atoms with Crippen LogP contribution in [-0.2, 0) is 0 Å². The number of rotatable bonds is 3. The van der Waals surface area contributed by atoms with E-state index in [9.17, 15) is 5.11 Å². The predicted molar refractivity (Wildman–Crippen MR) is 57.1 cm³/mol. The first-order chi connectivity index (χ1) is 6.75. The Kier molecular flexibility index (Phi) is 2.85. The van der Waals surface area contributed by atoms with E-state index in [0.29, 0.717) is 5.92 Å². The van der Waals surface area contributed by atoms with Gasteiger partial charge in [0.05, 0.1) is 6.10 Å². The highest BCUT2D eigenvalue weighted by atomic mass is 16.3. The van der Waals surface area contributed by atoms with Crippen LogP contribution in [0, 0.1) is 12.8 Å². The van der Waals surface area contributed by atoms with Crippen LogP contribution in [0.5, 0.6) is 0 Å². The van der Waals surface area contributed by atoms with Crippen molar-refractivity contribution in [2.45, 2.75) is 19.4 Å². The molecule has 2 nitrogen and oxygen atoms in total. The van der Waals surface area contributed by atoms with E-state index in [1.807, 2.05) is 12.1 Å². The molecule has 1 unspecified atom stereocenters. The number of aliphatic hydroxyl groups excluding tert-OH is 1. The molecule has 0 aliphatic carbocycles. The number of hydrogen-bond donors (Lipinski definition) is 2. The maximum absolute atomic E-state index is 9.92. The number of nitrogens with one attached hydrogen (secondary N) is 1. The average Bonchev–Trinajstić information content (AvgIpc) is 2.12. The second-order valence-corrected chi connectivity index (χ2v) is 4.19. The normalized spacial score (nSPS) is 19.0. The van der Waals surface area contributed by atoms with E-state index < -0.39 is 0 Å². The second kappa shape index (κ2) is 4.11. The van der Waals surface area contributed by atoms with Gasteiger partial charge in [0.1, 0.15) is 0 Å². The van der Waals surface area contributed by atoms with Gasteiger partial charge in [-0.15, -0.1) is 0 Å². The van der Waals surface area contributed by atoms with Crippen LogP contribution < -0.4 is 5.32 Å². The second-order valence-electron chi connectivity index (χ2n) is 4.19. The van der Waals surface area contributed by atoms with E-state index >= 15 is 0 Å². The van der Waals surface area contributed by atoms with Gasteiger partial charge in [-0.2, -0.15) is 0 Å². The van der Waals surface area contributed by atoms with Crippen molar-refractivity contribution < 1.29 is 5.11 Å². The Labute approximate surface area is 85.0 Å². The molecule has 0 amide bonds. The fourth-order valence-electron chi connectivity index (χ4n) is 1.76. The molecule has 1 heterocycles. The van der Waals surface area contributed by atoms with Crippen LogP contribution in [0.2, 0.25) is 0 Å². The van der Waals surface area contributed by atoms with Crippen LogP contribution in [0.3, 0.4) is 0 Å². The summed E-state index contributed by atoms with van der Waals surface area (Å²) >= 11 is 0. The summed E-state index contributed by atoms with van der Waals surface area (Å²) in [4.78, 5) is 0. The molecule has 0 aromatic heterocycles. The molecule has 0 spiro atoms. The zero-order valence-corrected chi connectivity index (χ0v) is 8.53. The Morgan fingerprint density at radius 3 is 2.50 bits per heavy atom. The van der Waals surface area contributed by atoms with Crippen molar-refractivity contribution in [2.75, 3.05) is 13.1 Å². The molecule has 2 heteroatoms. The van der Waals surface area contributed by atoms with Crippen LogP contribution in [0.15, 0.2) is 24.3 Å². The molecular formula is C12H17NO. The van der Waals surface area contributed by atoms with Crippen LogP contribution in [-0.4, -0.2) is 18.2 Å². The summed E-state index contributed by atoms with van der Waals surface area (Å²) in [6.07, 6.45) is 0.596. The molecule has 0 radical (unpaired) electrons. The lowest BCUT2D eigenvalue weighted by Gasteiger charge is -2.29. The molecule has 14 heavy (non-hydrogen) atoms. The van der Waals surface area contributed by atoms with Gasteiger partial charge in [-0.1, -0.05) is 29.8 Å². The number of benzene rings is 1. The molecule has 1 aromatic carbocycles. The van der Waals surface area contributed by atoms with E-state index in [1.165, 1.54) is 5.56 Å². The van der Waals surface area contributed by atoms with Crippen LogP contribution >= 0.6 is 0 Å². The first kappa shape index (κ1) is 9.69. The topological polar surface area (TPSA) is 32.3 Å². The largest absolute Gasteiger partial charge is 0.388 e. The molecule has 2 N–H and O–H groups in total. The lowest BCUT2D eigenvalue weighted by atomic mass is 9.92. The molecule has 1 aromatic rings. The van der Waals surface area contributed by atoms with Crippen molar-refractivity contribution in [3.8, 4) is 0 Å². The molecule has 1 aliphatic heterocycles. The summed E-state index contributed by atoms with van der Waals surface area (Å²) in [7, 11) is 0. The van der Waals surface area contributed by atoms with Crippen molar-refractivity contribution in [2.24, 2.45) is 5.92 Å². The smallest absolute Gasteiger partial charge is 0.0793 e. The third-order valence-electron chi connectivity index (χ3n) is 2.88. The molecule has 1 fully saturated rings. The third-order valence-corrected chi connectivity index (χ3v) is 2.88. The van der Waals surface area contributed by atoms with Crippen molar-refractivity contribution in [3.63, 3.8) is 0 Å². The zero-order valence-electron chi connectivity index (χ0n) is 8.53. The summed E-state index contributed by atoms with van der Waals surface area (Å²) in [5.41, 5.74) is 2.29.